The number of anilines is 1. The first kappa shape index (κ1) is 31.9. The van der Waals surface area contributed by atoms with Crippen LogP contribution in [-0.2, 0) is 35.2 Å². The molecule has 1 aromatic heterocycles. The highest BCUT2D eigenvalue weighted by atomic mass is 19.4. The van der Waals surface area contributed by atoms with Crippen molar-refractivity contribution >= 4 is 17.7 Å². The molecule has 2 aromatic carbocycles. The first-order valence-electron chi connectivity index (χ1n) is 15.9. The number of amides is 2. The van der Waals surface area contributed by atoms with E-state index in [0.717, 1.165) is 73.7 Å². The van der Waals surface area contributed by atoms with Gasteiger partial charge in [0.25, 0.3) is 5.91 Å². The van der Waals surface area contributed by atoms with E-state index >= 15 is 0 Å². The predicted octanol–water partition coefficient (Wildman–Crippen LogP) is 6.14. The van der Waals surface area contributed by atoms with E-state index in [-0.39, 0.29) is 25.1 Å². The zero-order valence-corrected chi connectivity index (χ0v) is 26.5. The number of ether oxygens (including phenoxy) is 2. The summed E-state index contributed by atoms with van der Waals surface area (Å²) in [6, 6.07) is 12.8. The number of fused-ring (bicyclic) bond motifs is 2. The highest BCUT2D eigenvalue weighted by Gasteiger charge is 2.35. The Morgan fingerprint density at radius 1 is 1.00 bits per heavy atom. The van der Waals surface area contributed by atoms with Gasteiger partial charge in [-0.05, 0) is 70.8 Å². The molecule has 3 aromatic rings. The summed E-state index contributed by atoms with van der Waals surface area (Å²) in [6.45, 7) is 9.50. The third-order valence-electron chi connectivity index (χ3n) is 8.78. The van der Waals surface area contributed by atoms with Crippen LogP contribution >= 0.6 is 0 Å². The van der Waals surface area contributed by atoms with Gasteiger partial charge in [-0.3, -0.25) is 9.48 Å². The van der Waals surface area contributed by atoms with Gasteiger partial charge in [0.05, 0.1) is 23.5 Å². The molecular weight excluding hydrogens is 599 g/mol. The lowest BCUT2D eigenvalue weighted by Gasteiger charge is -2.40. The van der Waals surface area contributed by atoms with Gasteiger partial charge in [-0.1, -0.05) is 24.3 Å². The van der Waals surface area contributed by atoms with Crippen molar-refractivity contribution in [2.45, 2.75) is 77.4 Å². The van der Waals surface area contributed by atoms with Crippen LogP contribution in [0.2, 0.25) is 0 Å². The number of hydrogen-bond acceptors (Lipinski definition) is 6. The highest BCUT2D eigenvalue weighted by Crippen LogP contribution is 2.36. The zero-order chi connectivity index (χ0) is 32.6. The van der Waals surface area contributed by atoms with Crippen molar-refractivity contribution in [3.63, 3.8) is 0 Å². The van der Waals surface area contributed by atoms with Crippen LogP contribution < -0.4 is 9.64 Å². The van der Waals surface area contributed by atoms with Crippen LogP contribution in [0.25, 0.3) is 11.3 Å². The first-order chi connectivity index (χ1) is 21.9. The van der Waals surface area contributed by atoms with Gasteiger partial charge in [-0.25, -0.2) is 4.79 Å². The summed E-state index contributed by atoms with van der Waals surface area (Å²) in [5.41, 5.74) is 2.49. The fraction of sp³-hybridized carbons (Fsp3) is 0.500. The number of alkyl halides is 3. The largest absolute Gasteiger partial charge is 0.482 e. The van der Waals surface area contributed by atoms with Crippen LogP contribution in [0.3, 0.4) is 0 Å². The van der Waals surface area contributed by atoms with Gasteiger partial charge in [0.1, 0.15) is 11.4 Å². The summed E-state index contributed by atoms with van der Waals surface area (Å²) in [4.78, 5) is 31.6. The number of para-hydroxylation sites is 2. The van der Waals surface area contributed by atoms with Gasteiger partial charge in [0, 0.05) is 55.5 Å². The van der Waals surface area contributed by atoms with Crippen molar-refractivity contribution in [2.24, 2.45) is 0 Å². The molecule has 9 nitrogen and oxygen atoms in total. The van der Waals surface area contributed by atoms with Crippen molar-refractivity contribution in [3.05, 3.63) is 65.4 Å². The second-order valence-corrected chi connectivity index (χ2v) is 13.2. The van der Waals surface area contributed by atoms with Crippen LogP contribution in [0.15, 0.2) is 48.5 Å². The molecule has 2 amide bonds. The van der Waals surface area contributed by atoms with E-state index in [2.05, 4.69) is 4.90 Å². The van der Waals surface area contributed by atoms with E-state index in [0.29, 0.717) is 30.8 Å². The topological polar surface area (TPSA) is 80.1 Å². The summed E-state index contributed by atoms with van der Waals surface area (Å²) in [7, 11) is 0. The highest BCUT2D eigenvalue weighted by molar-refractivity contribution is 5.98. The van der Waals surface area contributed by atoms with Crippen LogP contribution in [0.4, 0.5) is 23.7 Å². The second kappa shape index (κ2) is 12.6. The summed E-state index contributed by atoms with van der Waals surface area (Å²) >= 11 is 0. The summed E-state index contributed by atoms with van der Waals surface area (Å²) in [6.07, 6.45) is -1.70. The average Bonchev–Trinajstić information content (AvgIpc) is 3.38. The Bertz CT molecular complexity index is 1570. The van der Waals surface area contributed by atoms with Gasteiger partial charge in [-0.2, -0.15) is 18.3 Å². The van der Waals surface area contributed by atoms with Gasteiger partial charge < -0.3 is 24.2 Å². The normalized spacial score (nSPS) is 17.8. The number of nitrogens with zero attached hydrogens (tertiary/aromatic N) is 5. The predicted molar refractivity (Wildman–Crippen MR) is 167 cm³/mol. The van der Waals surface area contributed by atoms with Crippen molar-refractivity contribution in [2.75, 3.05) is 37.7 Å². The lowest BCUT2D eigenvalue weighted by Crippen LogP contribution is -2.50. The molecule has 6 rings (SSSR count). The van der Waals surface area contributed by atoms with Crippen molar-refractivity contribution in [3.8, 4) is 17.0 Å². The van der Waals surface area contributed by atoms with E-state index in [1.807, 2.05) is 54.6 Å². The number of carbonyl (C=O) groups excluding carboxylic acids is 2. The van der Waals surface area contributed by atoms with Gasteiger partial charge in [0.15, 0.2) is 6.61 Å². The Labute approximate surface area is 266 Å². The van der Waals surface area contributed by atoms with Crippen molar-refractivity contribution in [1.29, 1.82) is 0 Å². The molecule has 0 N–H and O–H groups in total. The maximum absolute atomic E-state index is 13.3. The van der Waals surface area contributed by atoms with E-state index in [1.165, 1.54) is 12.1 Å². The molecule has 0 unspecified atom stereocenters. The minimum Gasteiger partial charge on any atom is -0.482 e. The second-order valence-electron chi connectivity index (χ2n) is 13.2. The van der Waals surface area contributed by atoms with E-state index < -0.39 is 23.4 Å². The maximum atomic E-state index is 13.3. The molecule has 4 heterocycles. The fourth-order valence-electron chi connectivity index (χ4n) is 6.57. The number of aryl methyl sites for hydroxylation is 1. The van der Waals surface area contributed by atoms with Crippen molar-refractivity contribution in [1.82, 2.24) is 19.6 Å². The van der Waals surface area contributed by atoms with Gasteiger partial charge >= 0.3 is 12.3 Å². The molecule has 0 atom stereocenters. The molecule has 3 aliphatic heterocycles. The number of carbonyl (C=O) groups is 2. The van der Waals surface area contributed by atoms with Gasteiger partial charge in [0.2, 0.25) is 0 Å². The number of likely N-dealkylation sites (tertiary alicyclic amines) is 1. The third kappa shape index (κ3) is 6.86. The summed E-state index contributed by atoms with van der Waals surface area (Å²) in [5, 5.41) is 4.89. The summed E-state index contributed by atoms with van der Waals surface area (Å²) < 4.78 is 52.9. The number of halogens is 3. The molecule has 0 bridgehead atoms. The SMILES string of the molecule is CC(C)(C)OC(=O)N1CCc2c(c(-c3ccc(C(F)(F)F)cc3)nn2CCCN2CCC(N3C(=O)COc4ccccc43)CC2)C1. The standard InChI is InChI=1S/C34H40F3N5O4/c1-33(2,3)46-32(44)40-20-15-27-26(21-40)31(23-9-11-24(12-10-23)34(35,36)37)38-41(27)17-6-16-39-18-13-25(14-19-39)42-28-7-4-5-8-29(28)45-22-30(42)43/h4-5,7-12,25H,6,13-22H2,1-3H3. The lowest BCUT2D eigenvalue weighted by molar-refractivity contribution is -0.137. The Hall–Kier alpha value is -4.06. The maximum Gasteiger partial charge on any atom is 0.416 e. The average molecular weight is 640 g/mol. The van der Waals surface area contributed by atoms with Crippen LogP contribution in [0.5, 0.6) is 5.75 Å². The molecular formula is C34H40F3N5O4. The lowest BCUT2D eigenvalue weighted by atomic mass is 10.00. The quantitative estimate of drug-likeness (QED) is 0.323. The number of aromatic nitrogens is 2. The molecule has 246 valence electrons. The molecule has 0 radical (unpaired) electrons. The molecule has 0 aliphatic carbocycles. The van der Waals surface area contributed by atoms with E-state index in [4.69, 9.17) is 14.6 Å². The van der Waals surface area contributed by atoms with Gasteiger partial charge in [-0.15, -0.1) is 0 Å². The number of rotatable bonds is 6. The summed E-state index contributed by atoms with van der Waals surface area (Å²) in [5.74, 6) is 0.742. The molecule has 46 heavy (non-hydrogen) atoms. The minimum absolute atomic E-state index is 0.00492. The number of hydrogen-bond donors (Lipinski definition) is 0. The Morgan fingerprint density at radius 2 is 1.72 bits per heavy atom. The molecule has 0 saturated carbocycles. The number of piperidine rings is 1. The number of benzene rings is 2. The van der Waals surface area contributed by atoms with E-state index in [1.54, 1.807) is 4.90 Å². The van der Waals surface area contributed by atoms with Crippen molar-refractivity contribution < 1.29 is 32.2 Å². The molecule has 1 fully saturated rings. The Morgan fingerprint density at radius 3 is 2.41 bits per heavy atom. The molecule has 0 spiro atoms. The molecule has 1 saturated heterocycles. The molecule has 3 aliphatic rings. The Kier molecular flexibility index (Phi) is 8.75. The first-order valence-corrected chi connectivity index (χ1v) is 15.9. The monoisotopic (exact) mass is 639 g/mol. The minimum atomic E-state index is -4.43. The zero-order valence-electron chi connectivity index (χ0n) is 26.5. The van der Waals surface area contributed by atoms with Crippen LogP contribution in [-0.4, -0.2) is 76.0 Å². The molecule has 12 heteroatoms. The smallest absolute Gasteiger partial charge is 0.416 e. The third-order valence-corrected chi connectivity index (χ3v) is 8.78. The van der Waals surface area contributed by atoms with Crippen LogP contribution in [0, 0.1) is 0 Å². The van der Waals surface area contributed by atoms with E-state index in [9.17, 15) is 22.8 Å². The fourth-order valence-corrected chi connectivity index (χ4v) is 6.57. The van der Waals surface area contributed by atoms with Crippen LogP contribution in [0.1, 0.15) is 56.9 Å². The Balaban J connectivity index is 1.13.